The van der Waals surface area contributed by atoms with Gasteiger partial charge in [0.1, 0.15) is 0 Å². The van der Waals surface area contributed by atoms with Crippen molar-refractivity contribution in [3.05, 3.63) is 0 Å². The molecule has 1 fully saturated rings. The number of hydrogen-bond acceptors (Lipinski definition) is 2. The maximum Gasteiger partial charge on any atom is 0.165 e. The van der Waals surface area contributed by atoms with Crippen LogP contribution in [-0.2, 0) is 9.47 Å². The van der Waals surface area contributed by atoms with Crippen molar-refractivity contribution in [3.8, 4) is 0 Å². The molecular weight excluding hydrogens is 140 g/mol. The van der Waals surface area contributed by atoms with Crippen LogP contribution < -0.4 is 0 Å². The molecule has 0 aromatic rings. The Bertz CT molecular complexity index is 134. The highest BCUT2D eigenvalue weighted by atomic mass is 16.7. The summed E-state index contributed by atoms with van der Waals surface area (Å²) in [5, 5.41) is 0. The van der Waals surface area contributed by atoms with Gasteiger partial charge in [0.15, 0.2) is 5.79 Å². The monoisotopic (exact) mass is 158 g/mol. The van der Waals surface area contributed by atoms with Crippen LogP contribution in [0.3, 0.4) is 0 Å². The van der Waals surface area contributed by atoms with E-state index in [2.05, 4.69) is 13.8 Å². The molecule has 0 radical (unpaired) electrons. The first-order valence-corrected chi connectivity index (χ1v) is 4.26. The zero-order valence-corrected chi connectivity index (χ0v) is 7.89. The Balaban J connectivity index is 2.46. The summed E-state index contributed by atoms with van der Waals surface area (Å²) < 4.78 is 10.8. The van der Waals surface area contributed by atoms with Crippen molar-refractivity contribution in [2.75, 3.05) is 13.7 Å². The average molecular weight is 158 g/mol. The Labute approximate surface area is 68.9 Å². The van der Waals surface area contributed by atoms with Crippen molar-refractivity contribution in [3.63, 3.8) is 0 Å². The van der Waals surface area contributed by atoms with E-state index in [9.17, 15) is 0 Å². The van der Waals surface area contributed by atoms with Crippen LogP contribution in [0.1, 0.15) is 27.2 Å². The molecule has 0 saturated carbocycles. The van der Waals surface area contributed by atoms with E-state index in [1.807, 2.05) is 6.92 Å². The van der Waals surface area contributed by atoms with Crippen LogP contribution in [0.2, 0.25) is 0 Å². The standard InChI is InChI=1S/C9H18O2/c1-7(2)8-5-9(3,10-4)11-6-8/h7-8H,5-6H2,1-4H3. The van der Waals surface area contributed by atoms with Gasteiger partial charge in [0.25, 0.3) is 0 Å². The van der Waals surface area contributed by atoms with Crippen molar-refractivity contribution in [1.29, 1.82) is 0 Å². The van der Waals surface area contributed by atoms with E-state index < -0.39 is 0 Å². The third-order valence-corrected chi connectivity index (χ3v) is 2.61. The molecule has 2 unspecified atom stereocenters. The van der Waals surface area contributed by atoms with Gasteiger partial charge < -0.3 is 9.47 Å². The van der Waals surface area contributed by atoms with E-state index >= 15 is 0 Å². The van der Waals surface area contributed by atoms with E-state index in [0.717, 1.165) is 13.0 Å². The van der Waals surface area contributed by atoms with Crippen LogP contribution in [0.15, 0.2) is 0 Å². The van der Waals surface area contributed by atoms with Gasteiger partial charge in [0, 0.05) is 13.5 Å². The quantitative estimate of drug-likeness (QED) is 0.612. The van der Waals surface area contributed by atoms with Crippen LogP contribution in [0.4, 0.5) is 0 Å². The lowest BCUT2D eigenvalue weighted by molar-refractivity contribution is -0.178. The summed E-state index contributed by atoms with van der Waals surface area (Å²) in [6, 6.07) is 0. The van der Waals surface area contributed by atoms with Gasteiger partial charge in [-0.25, -0.2) is 0 Å². The summed E-state index contributed by atoms with van der Waals surface area (Å²) in [4.78, 5) is 0. The van der Waals surface area contributed by atoms with Gasteiger partial charge in [-0.2, -0.15) is 0 Å². The van der Waals surface area contributed by atoms with Crippen molar-refractivity contribution < 1.29 is 9.47 Å². The van der Waals surface area contributed by atoms with Gasteiger partial charge in [0.2, 0.25) is 0 Å². The minimum absolute atomic E-state index is 0.311. The molecule has 1 aliphatic rings. The molecule has 1 heterocycles. The second kappa shape index (κ2) is 3.11. The molecule has 66 valence electrons. The van der Waals surface area contributed by atoms with Gasteiger partial charge in [-0.05, 0) is 18.8 Å². The fraction of sp³-hybridized carbons (Fsp3) is 1.00. The normalized spacial score (nSPS) is 38.5. The summed E-state index contributed by atoms with van der Waals surface area (Å²) in [5.74, 6) is 1.06. The summed E-state index contributed by atoms with van der Waals surface area (Å²) in [6.45, 7) is 7.32. The molecule has 11 heavy (non-hydrogen) atoms. The van der Waals surface area contributed by atoms with E-state index in [1.165, 1.54) is 0 Å². The molecule has 0 N–H and O–H groups in total. The predicted octanol–water partition coefficient (Wildman–Crippen LogP) is 2.04. The van der Waals surface area contributed by atoms with Gasteiger partial charge in [-0.3, -0.25) is 0 Å². The molecular formula is C9H18O2. The van der Waals surface area contributed by atoms with Gasteiger partial charge >= 0.3 is 0 Å². The maximum atomic E-state index is 5.54. The van der Waals surface area contributed by atoms with E-state index in [-0.39, 0.29) is 5.79 Å². The Morgan fingerprint density at radius 3 is 2.45 bits per heavy atom. The number of methoxy groups -OCH3 is 1. The predicted molar refractivity (Wildman–Crippen MR) is 44.3 cm³/mol. The van der Waals surface area contributed by atoms with E-state index in [0.29, 0.717) is 11.8 Å². The summed E-state index contributed by atoms with van der Waals surface area (Å²) >= 11 is 0. The molecule has 1 saturated heterocycles. The largest absolute Gasteiger partial charge is 0.353 e. The fourth-order valence-electron chi connectivity index (χ4n) is 1.45. The Morgan fingerprint density at radius 2 is 2.18 bits per heavy atom. The average Bonchev–Trinajstić information content (AvgIpc) is 2.33. The van der Waals surface area contributed by atoms with E-state index in [4.69, 9.17) is 9.47 Å². The zero-order chi connectivity index (χ0) is 8.48. The minimum atomic E-state index is -0.311. The van der Waals surface area contributed by atoms with E-state index in [1.54, 1.807) is 7.11 Å². The molecule has 1 rings (SSSR count). The molecule has 2 heteroatoms. The molecule has 0 bridgehead atoms. The maximum absolute atomic E-state index is 5.54. The van der Waals surface area contributed by atoms with Crippen molar-refractivity contribution >= 4 is 0 Å². The minimum Gasteiger partial charge on any atom is -0.353 e. The van der Waals surface area contributed by atoms with Crippen molar-refractivity contribution in [2.45, 2.75) is 33.0 Å². The van der Waals surface area contributed by atoms with Crippen LogP contribution >= 0.6 is 0 Å². The highest BCUT2D eigenvalue weighted by Crippen LogP contribution is 2.34. The van der Waals surface area contributed by atoms with Crippen LogP contribution in [0.5, 0.6) is 0 Å². The molecule has 2 nitrogen and oxygen atoms in total. The highest BCUT2D eigenvalue weighted by molar-refractivity contribution is 4.78. The lowest BCUT2D eigenvalue weighted by atomic mass is 9.93. The molecule has 0 aromatic heterocycles. The van der Waals surface area contributed by atoms with Gasteiger partial charge in [-0.1, -0.05) is 13.8 Å². The molecule has 2 atom stereocenters. The summed E-state index contributed by atoms with van der Waals surface area (Å²) in [6.07, 6.45) is 1.03. The molecule has 0 spiro atoms. The van der Waals surface area contributed by atoms with Crippen LogP contribution in [0.25, 0.3) is 0 Å². The Kier molecular flexibility index (Phi) is 2.55. The first-order valence-electron chi connectivity index (χ1n) is 4.26. The first kappa shape index (κ1) is 9.01. The topological polar surface area (TPSA) is 18.5 Å². The number of hydrogen-bond donors (Lipinski definition) is 0. The SMILES string of the molecule is COC1(C)CC(C(C)C)CO1. The molecule has 0 aromatic carbocycles. The van der Waals surface area contributed by atoms with Crippen molar-refractivity contribution in [2.24, 2.45) is 11.8 Å². The number of ether oxygens (including phenoxy) is 2. The van der Waals surface area contributed by atoms with Crippen LogP contribution in [0, 0.1) is 11.8 Å². The molecule has 1 aliphatic heterocycles. The lowest BCUT2D eigenvalue weighted by Gasteiger charge is -2.21. The van der Waals surface area contributed by atoms with Gasteiger partial charge in [0.05, 0.1) is 6.61 Å². The van der Waals surface area contributed by atoms with Crippen molar-refractivity contribution in [1.82, 2.24) is 0 Å². The summed E-state index contributed by atoms with van der Waals surface area (Å²) in [7, 11) is 1.71. The summed E-state index contributed by atoms with van der Waals surface area (Å²) in [5.41, 5.74) is 0. The second-order valence-corrected chi connectivity index (χ2v) is 3.86. The third-order valence-electron chi connectivity index (χ3n) is 2.61. The molecule has 0 amide bonds. The fourth-order valence-corrected chi connectivity index (χ4v) is 1.45. The Hall–Kier alpha value is -0.0800. The number of rotatable bonds is 2. The smallest absolute Gasteiger partial charge is 0.165 e. The zero-order valence-electron chi connectivity index (χ0n) is 7.89. The van der Waals surface area contributed by atoms with Crippen LogP contribution in [-0.4, -0.2) is 19.5 Å². The second-order valence-electron chi connectivity index (χ2n) is 3.86. The van der Waals surface area contributed by atoms with Gasteiger partial charge in [-0.15, -0.1) is 0 Å². The highest BCUT2D eigenvalue weighted by Gasteiger charge is 2.37. The third kappa shape index (κ3) is 1.94. The molecule has 0 aliphatic carbocycles. The Morgan fingerprint density at radius 1 is 1.55 bits per heavy atom. The first-order chi connectivity index (χ1) is 5.07. The lowest BCUT2D eigenvalue weighted by Crippen LogP contribution is -2.25.